The quantitative estimate of drug-likeness (QED) is 0.677. The Kier molecular flexibility index (Phi) is 4.96. The van der Waals surface area contributed by atoms with Gasteiger partial charge in [-0.05, 0) is 12.8 Å². The van der Waals surface area contributed by atoms with Crippen LogP contribution in [0.4, 0.5) is 0 Å². The topological polar surface area (TPSA) is 78.2 Å². The van der Waals surface area contributed by atoms with Gasteiger partial charge >= 0.3 is 0 Å². The average Bonchev–Trinajstić information content (AvgIpc) is 3.63. The summed E-state index contributed by atoms with van der Waals surface area (Å²) in [5, 5.41) is 9.24. The van der Waals surface area contributed by atoms with E-state index in [-0.39, 0.29) is 11.8 Å². The van der Waals surface area contributed by atoms with Gasteiger partial charge in [0.2, 0.25) is 5.91 Å². The largest absolute Gasteiger partial charge is 0.339 e. The lowest BCUT2D eigenvalue weighted by Crippen LogP contribution is -2.50. The maximum absolute atomic E-state index is 12.7. The third-order valence-corrected chi connectivity index (χ3v) is 6.52. The van der Waals surface area contributed by atoms with E-state index in [0.29, 0.717) is 56.2 Å². The van der Waals surface area contributed by atoms with E-state index >= 15 is 0 Å². The van der Waals surface area contributed by atoms with Crippen LogP contribution in [0.2, 0.25) is 0 Å². The molecule has 0 N–H and O–H groups in total. The Labute approximate surface area is 162 Å². The molecule has 1 aromatic heterocycles. The second kappa shape index (κ2) is 7.39. The number of carbonyl (C=O) groups is 2. The zero-order chi connectivity index (χ0) is 18.9. The molecule has 0 bridgehead atoms. The summed E-state index contributed by atoms with van der Waals surface area (Å²) < 4.78 is 0. The van der Waals surface area contributed by atoms with Gasteiger partial charge in [-0.3, -0.25) is 9.59 Å². The Bertz CT molecular complexity index is 793. The van der Waals surface area contributed by atoms with E-state index in [1.165, 1.54) is 24.2 Å². The van der Waals surface area contributed by atoms with E-state index in [1.807, 2.05) is 9.80 Å². The number of rotatable bonds is 7. The van der Waals surface area contributed by atoms with Gasteiger partial charge in [-0.1, -0.05) is 0 Å². The van der Waals surface area contributed by atoms with E-state index < -0.39 is 5.66 Å². The minimum absolute atomic E-state index is 0.0373. The molecule has 0 radical (unpaired) electrons. The van der Waals surface area contributed by atoms with Gasteiger partial charge in [0.1, 0.15) is 4.88 Å². The van der Waals surface area contributed by atoms with Crippen LogP contribution in [0, 0.1) is 12.3 Å². The fraction of sp³-hybridized carbons (Fsp3) is 0.632. The fourth-order valence-electron chi connectivity index (χ4n) is 3.35. The van der Waals surface area contributed by atoms with E-state index in [0.717, 1.165) is 11.4 Å². The standard InChI is InChI=1S/C19H23N5O2S/c1-2-3-7-19(21-22-19)8-6-16(25)23-9-11-24(12-10-23)18(26)15-13-20-17(27-15)14-4-5-14/h1,13-14H,3-12H2. The molecule has 0 spiro atoms. The van der Waals surface area contributed by atoms with E-state index in [1.54, 1.807) is 6.20 Å². The first kappa shape index (κ1) is 18.1. The van der Waals surface area contributed by atoms with Gasteiger partial charge in [0, 0.05) is 57.8 Å². The predicted octanol–water partition coefficient (Wildman–Crippen LogP) is 2.66. The smallest absolute Gasteiger partial charge is 0.265 e. The third kappa shape index (κ3) is 4.19. The van der Waals surface area contributed by atoms with Crippen LogP contribution < -0.4 is 0 Å². The van der Waals surface area contributed by atoms with Crippen LogP contribution in [0.1, 0.15) is 59.1 Å². The summed E-state index contributed by atoms with van der Waals surface area (Å²) in [6, 6.07) is 0. The van der Waals surface area contributed by atoms with Crippen molar-refractivity contribution in [2.45, 2.75) is 50.1 Å². The summed E-state index contributed by atoms with van der Waals surface area (Å²) in [7, 11) is 0. The van der Waals surface area contributed by atoms with Crippen molar-refractivity contribution >= 4 is 23.2 Å². The molecule has 0 unspecified atom stereocenters. The molecular formula is C19H23N5O2S. The highest BCUT2D eigenvalue weighted by Gasteiger charge is 2.40. The lowest BCUT2D eigenvalue weighted by molar-refractivity contribution is -0.132. The summed E-state index contributed by atoms with van der Waals surface area (Å²) in [6.45, 7) is 2.28. The molecule has 1 saturated carbocycles. The number of piperazine rings is 1. The molecule has 3 aliphatic rings. The zero-order valence-corrected chi connectivity index (χ0v) is 16.1. The first-order chi connectivity index (χ1) is 13.1. The molecule has 0 aromatic carbocycles. The average molecular weight is 385 g/mol. The van der Waals surface area contributed by atoms with Crippen LogP contribution >= 0.6 is 11.3 Å². The van der Waals surface area contributed by atoms with E-state index in [4.69, 9.17) is 6.42 Å². The molecule has 1 aromatic rings. The summed E-state index contributed by atoms with van der Waals surface area (Å²) in [5.41, 5.74) is -0.411. The highest BCUT2D eigenvalue weighted by molar-refractivity contribution is 7.13. The number of nitrogens with zero attached hydrogens (tertiary/aromatic N) is 5. The summed E-state index contributed by atoms with van der Waals surface area (Å²) in [5.74, 6) is 3.31. The fourth-order valence-corrected chi connectivity index (χ4v) is 4.41. The van der Waals surface area contributed by atoms with Crippen molar-refractivity contribution in [1.82, 2.24) is 14.8 Å². The van der Waals surface area contributed by atoms with Crippen molar-refractivity contribution in [2.75, 3.05) is 26.2 Å². The van der Waals surface area contributed by atoms with Crippen molar-refractivity contribution in [3.05, 3.63) is 16.1 Å². The van der Waals surface area contributed by atoms with Crippen molar-refractivity contribution in [3.63, 3.8) is 0 Å². The van der Waals surface area contributed by atoms with Gasteiger partial charge in [-0.2, -0.15) is 10.2 Å². The Balaban J connectivity index is 1.23. The predicted molar refractivity (Wildman–Crippen MR) is 101 cm³/mol. The molecule has 1 aliphatic carbocycles. The van der Waals surface area contributed by atoms with Gasteiger partial charge in [0.05, 0.1) is 11.2 Å². The Morgan fingerprint density at radius 1 is 1.19 bits per heavy atom. The van der Waals surface area contributed by atoms with Gasteiger partial charge in [-0.25, -0.2) is 4.98 Å². The van der Waals surface area contributed by atoms with Crippen LogP contribution in [-0.4, -0.2) is 58.4 Å². The molecule has 3 heterocycles. The lowest BCUT2D eigenvalue weighted by Gasteiger charge is -2.34. The first-order valence-corrected chi connectivity index (χ1v) is 10.3. The molecule has 2 amide bonds. The van der Waals surface area contributed by atoms with Crippen LogP contribution in [0.15, 0.2) is 16.4 Å². The monoisotopic (exact) mass is 385 g/mol. The van der Waals surface area contributed by atoms with Crippen molar-refractivity contribution < 1.29 is 9.59 Å². The summed E-state index contributed by atoms with van der Waals surface area (Å²) in [6.07, 6.45) is 11.8. The maximum Gasteiger partial charge on any atom is 0.265 e. The first-order valence-electron chi connectivity index (χ1n) is 9.50. The number of hydrogen-bond acceptors (Lipinski definition) is 6. The minimum Gasteiger partial charge on any atom is -0.339 e. The summed E-state index contributed by atoms with van der Waals surface area (Å²) in [4.78, 5) is 33.9. The number of carbonyl (C=O) groups excluding carboxylic acids is 2. The SMILES string of the molecule is C#CCCC1(CCC(=O)N2CCN(C(=O)c3cnc(C4CC4)s3)CC2)N=N1. The molecule has 142 valence electrons. The Morgan fingerprint density at radius 3 is 2.52 bits per heavy atom. The summed E-state index contributed by atoms with van der Waals surface area (Å²) >= 11 is 1.52. The van der Waals surface area contributed by atoms with Gasteiger partial charge in [0.25, 0.3) is 5.91 Å². The van der Waals surface area contributed by atoms with Crippen molar-refractivity contribution in [2.24, 2.45) is 10.2 Å². The molecule has 0 atom stereocenters. The molecule has 4 rings (SSSR count). The number of aromatic nitrogens is 1. The van der Waals surface area contributed by atoms with Crippen LogP contribution in [0.5, 0.6) is 0 Å². The number of thiazole rings is 1. The van der Waals surface area contributed by atoms with Crippen molar-refractivity contribution in [3.8, 4) is 12.3 Å². The van der Waals surface area contributed by atoms with Gasteiger partial charge < -0.3 is 9.80 Å². The number of amides is 2. The van der Waals surface area contributed by atoms with Crippen LogP contribution in [0.3, 0.4) is 0 Å². The third-order valence-electron chi connectivity index (χ3n) is 5.37. The molecule has 27 heavy (non-hydrogen) atoms. The highest BCUT2D eigenvalue weighted by atomic mass is 32.1. The Hall–Kier alpha value is -2.27. The van der Waals surface area contributed by atoms with Crippen LogP contribution in [-0.2, 0) is 4.79 Å². The number of hydrogen-bond donors (Lipinski definition) is 0. The van der Waals surface area contributed by atoms with E-state index in [9.17, 15) is 9.59 Å². The maximum atomic E-state index is 12.7. The second-order valence-corrected chi connectivity index (χ2v) is 8.46. The molecule has 1 saturated heterocycles. The normalized spacial score (nSPS) is 20.4. The molecule has 7 nitrogen and oxygen atoms in total. The molecule has 2 aliphatic heterocycles. The number of terminal acetylenes is 1. The highest BCUT2D eigenvalue weighted by Crippen LogP contribution is 2.42. The van der Waals surface area contributed by atoms with E-state index in [2.05, 4.69) is 21.1 Å². The Morgan fingerprint density at radius 2 is 1.89 bits per heavy atom. The minimum atomic E-state index is -0.411. The molecule has 8 heteroatoms. The zero-order valence-electron chi connectivity index (χ0n) is 15.3. The van der Waals surface area contributed by atoms with Crippen LogP contribution in [0.25, 0.3) is 0 Å². The van der Waals surface area contributed by atoms with Gasteiger partial charge in [-0.15, -0.1) is 23.7 Å². The molecule has 2 fully saturated rings. The van der Waals surface area contributed by atoms with Crippen molar-refractivity contribution in [1.29, 1.82) is 0 Å². The van der Waals surface area contributed by atoms with Gasteiger partial charge in [0.15, 0.2) is 5.66 Å². The lowest BCUT2D eigenvalue weighted by atomic mass is 10.0. The molecular weight excluding hydrogens is 362 g/mol. The second-order valence-electron chi connectivity index (χ2n) is 7.40.